The van der Waals surface area contributed by atoms with Gasteiger partial charge in [-0.15, -0.1) is 0 Å². The molecule has 0 aliphatic carbocycles. The second kappa shape index (κ2) is 7.14. The first-order valence-electron chi connectivity index (χ1n) is 8.30. The van der Waals surface area contributed by atoms with Crippen LogP contribution in [0.5, 0.6) is 0 Å². The number of carbonyl (C=O) groups excluding carboxylic acids is 2. The quantitative estimate of drug-likeness (QED) is 0.837. The van der Waals surface area contributed by atoms with E-state index in [1.165, 1.54) is 7.11 Å². The van der Waals surface area contributed by atoms with E-state index in [0.717, 1.165) is 22.4 Å². The first-order chi connectivity index (χ1) is 12.0. The van der Waals surface area contributed by atoms with E-state index in [-0.39, 0.29) is 18.4 Å². The van der Waals surface area contributed by atoms with Gasteiger partial charge in [0.2, 0.25) is 5.91 Å². The zero-order valence-corrected chi connectivity index (χ0v) is 14.8. The zero-order valence-electron chi connectivity index (χ0n) is 14.8. The number of amides is 2. The van der Waals surface area contributed by atoms with Crippen LogP contribution in [0.25, 0.3) is 11.0 Å². The van der Waals surface area contributed by atoms with Crippen molar-refractivity contribution in [3.05, 3.63) is 35.2 Å². The summed E-state index contributed by atoms with van der Waals surface area (Å²) in [5.41, 5.74) is 3.87. The fourth-order valence-electron chi connectivity index (χ4n) is 2.92. The molecule has 0 unspecified atom stereocenters. The Morgan fingerprint density at radius 1 is 1.00 bits per heavy atom. The molecule has 0 saturated carbocycles. The standard InChI is InChI=1S/C18H22N4O3/c1-12-13(2)20-16-10-14(4-5-15(16)19-12)18(24)22-8-6-21(7-9-22)17(23)11-25-3/h4-5,10H,6-9,11H2,1-3H3. The van der Waals surface area contributed by atoms with Crippen molar-refractivity contribution >= 4 is 22.8 Å². The summed E-state index contributed by atoms with van der Waals surface area (Å²) in [7, 11) is 1.50. The van der Waals surface area contributed by atoms with Crippen LogP contribution in [0.15, 0.2) is 18.2 Å². The average Bonchev–Trinajstić information content (AvgIpc) is 2.62. The number of carbonyl (C=O) groups is 2. The third kappa shape index (κ3) is 3.61. The molecule has 3 rings (SSSR count). The van der Waals surface area contributed by atoms with Crippen LogP contribution in [0, 0.1) is 13.8 Å². The average molecular weight is 342 g/mol. The van der Waals surface area contributed by atoms with Crippen LogP contribution in [-0.2, 0) is 9.53 Å². The van der Waals surface area contributed by atoms with Crippen LogP contribution in [0.3, 0.4) is 0 Å². The molecule has 0 spiro atoms. The fraction of sp³-hybridized carbons (Fsp3) is 0.444. The molecule has 0 bridgehead atoms. The third-order valence-corrected chi connectivity index (χ3v) is 4.51. The Balaban J connectivity index is 1.72. The molecule has 1 aromatic carbocycles. The predicted molar refractivity (Wildman–Crippen MR) is 93.4 cm³/mol. The summed E-state index contributed by atoms with van der Waals surface area (Å²) < 4.78 is 4.87. The largest absolute Gasteiger partial charge is 0.375 e. The van der Waals surface area contributed by atoms with Gasteiger partial charge >= 0.3 is 0 Å². The molecule has 2 heterocycles. The maximum atomic E-state index is 12.7. The SMILES string of the molecule is COCC(=O)N1CCN(C(=O)c2ccc3nc(C)c(C)nc3c2)CC1. The minimum atomic E-state index is -0.0410. The highest BCUT2D eigenvalue weighted by Crippen LogP contribution is 2.16. The number of hydrogen-bond donors (Lipinski definition) is 0. The molecule has 2 aromatic rings. The van der Waals surface area contributed by atoms with Crippen LogP contribution in [-0.4, -0.2) is 71.5 Å². The molecule has 1 aliphatic heterocycles. The van der Waals surface area contributed by atoms with Crippen LogP contribution in [0.2, 0.25) is 0 Å². The third-order valence-electron chi connectivity index (χ3n) is 4.51. The van der Waals surface area contributed by atoms with Gasteiger partial charge in [-0.2, -0.15) is 0 Å². The first-order valence-corrected chi connectivity index (χ1v) is 8.30. The first kappa shape index (κ1) is 17.3. The van der Waals surface area contributed by atoms with Crippen LogP contribution >= 0.6 is 0 Å². The van der Waals surface area contributed by atoms with E-state index in [2.05, 4.69) is 9.97 Å². The second-order valence-corrected chi connectivity index (χ2v) is 6.20. The van der Waals surface area contributed by atoms with E-state index >= 15 is 0 Å². The van der Waals surface area contributed by atoms with E-state index in [0.29, 0.717) is 31.7 Å². The molecule has 25 heavy (non-hydrogen) atoms. The lowest BCUT2D eigenvalue weighted by Crippen LogP contribution is -2.51. The van der Waals surface area contributed by atoms with Gasteiger partial charge in [0.25, 0.3) is 5.91 Å². The summed E-state index contributed by atoms with van der Waals surface area (Å²) >= 11 is 0. The Labute approximate surface area is 146 Å². The van der Waals surface area contributed by atoms with Gasteiger partial charge in [-0.3, -0.25) is 9.59 Å². The molecular formula is C18H22N4O3. The molecule has 1 aliphatic rings. The number of nitrogens with zero attached hydrogens (tertiary/aromatic N) is 4. The van der Waals surface area contributed by atoms with Crippen molar-refractivity contribution in [3.8, 4) is 0 Å². The van der Waals surface area contributed by atoms with Gasteiger partial charge in [0.15, 0.2) is 0 Å². The number of hydrogen-bond acceptors (Lipinski definition) is 5. The van der Waals surface area contributed by atoms with Crippen molar-refractivity contribution in [1.82, 2.24) is 19.8 Å². The summed E-state index contributed by atoms with van der Waals surface area (Å²) in [4.78, 5) is 37.1. The van der Waals surface area contributed by atoms with E-state index in [1.54, 1.807) is 21.9 Å². The molecular weight excluding hydrogens is 320 g/mol. The van der Waals surface area contributed by atoms with E-state index in [1.807, 2.05) is 19.9 Å². The molecule has 1 saturated heterocycles. The molecule has 2 amide bonds. The lowest BCUT2D eigenvalue weighted by molar-refractivity contribution is -0.136. The summed E-state index contributed by atoms with van der Waals surface area (Å²) in [6.07, 6.45) is 0. The van der Waals surface area contributed by atoms with E-state index in [4.69, 9.17) is 4.74 Å². The summed E-state index contributed by atoms with van der Waals surface area (Å²) in [6, 6.07) is 5.41. The molecule has 7 nitrogen and oxygen atoms in total. The van der Waals surface area contributed by atoms with Crippen molar-refractivity contribution in [2.75, 3.05) is 39.9 Å². The lowest BCUT2D eigenvalue weighted by atomic mass is 10.1. The molecule has 132 valence electrons. The van der Waals surface area contributed by atoms with Gasteiger partial charge in [0.05, 0.1) is 22.4 Å². The minimum Gasteiger partial charge on any atom is -0.375 e. The molecule has 0 N–H and O–H groups in total. The Morgan fingerprint density at radius 2 is 1.60 bits per heavy atom. The van der Waals surface area contributed by atoms with Crippen molar-refractivity contribution < 1.29 is 14.3 Å². The van der Waals surface area contributed by atoms with Crippen molar-refractivity contribution in [2.45, 2.75) is 13.8 Å². The van der Waals surface area contributed by atoms with Crippen molar-refractivity contribution in [3.63, 3.8) is 0 Å². The Morgan fingerprint density at radius 3 is 2.24 bits per heavy atom. The van der Waals surface area contributed by atoms with Crippen molar-refractivity contribution in [1.29, 1.82) is 0 Å². The zero-order chi connectivity index (χ0) is 18.0. The number of aromatic nitrogens is 2. The summed E-state index contributed by atoms with van der Waals surface area (Å²) in [6.45, 7) is 6.00. The van der Waals surface area contributed by atoms with Gasteiger partial charge < -0.3 is 14.5 Å². The van der Waals surface area contributed by atoms with Gasteiger partial charge in [0, 0.05) is 38.9 Å². The number of methoxy groups -OCH3 is 1. The topological polar surface area (TPSA) is 75.6 Å². The highest BCUT2D eigenvalue weighted by molar-refractivity contribution is 5.97. The lowest BCUT2D eigenvalue weighted by Gasteiger charge is -2.34. The van der Waals surface area contributed by atoms with Gasteiger partial charge in [-0.1, -0.05) is 0 Å². The minimum absolute atomic E-state index is 0.0403. The Bertz CT molecular complexity index is 813. The number of rotatable bonds is 3. The van der Waals surface area contributed by atoms with Crippen LogP contribution in [0.1, 0.15) is 21.7 Å². The van der Waals surface area contributed by atoms with E-state index < -0.39 is 0 Å². The van der Waals surface area contributed by atoms with Gasteiger partial charge in [0.1, 0.15) is 6.61 Å². The van der Waals surface area contributed by atoms with Gasteiger partial charge in [-0.25, -0.2) is 9.97 Å². The van der Waals surface area contributed by atoms with Gasteiger partial charge in [-0.05, 0) is 32.0 Å². The predicted octanol–water partition coefficient (Wildman–Crippen LogP) is 1.18. The van der Waals surface area contributed by atoms with Crippen molar-refractivity contribution in [2.24, 2.45) is 0 Å². The highest BCUT2D eigenvalue weighted by atomic mass is 16.5. The second-order valence-electron chi connectivity index (χ2n) is 6.20. The van der Waals surface area contributed by atoms with Crippen LogP contribution in [0.4, 0.5) is 0 Å². The Kier molecular flexibility index (Phi) is 4.94. The number of piperazine rings is 1. The van der Waals surface area contributed by atoms with Crippen LogP contribution < -0.4 is 0 Å². The fourth-order valence-corrected chi connectivity index (χ4v) is 2.92. The molecule has 1 aromatic heterocycles. The highest BCUT2D eigenvalue weighted by Gasteiger charge is 2.24. The monoisotopic (exact) mass is 342 g/mol. The smallest absolute Gasteiger partial charge is 0.254 e. The number of ether oxygens (including phenoxy) is 1. The Hall–Kier alpha value is -2.54. The molecule has 0 radical (unpaired) electrons. The molecule has 0 atom stereocenters. The van der Waals surface area contributed by atoms with E-state index in [9.17, 15) is 9.59 Å². The normalized spacial score (nSPS) is 14.8. The number of aryl methyl sites for hydroxylation is 2. The molecule has 1 fully saturated rings. The summed E-state index contributed by atoms with van der Waals surface area (Å²) in [5.74, 6) is -0.0813. The summed E-state index contributed by atoms with van der Waals surface area (Å²) in [5, 5.41) is 0. The molecule has 7 heteroatoms. The number of benzene rings is 1. The maximum absolute atomic E-state index is 12.7. The number of fused-ring (bicyclic) bond motifs is 1. The maximum Gasteiger partial charge on any atom is 0.254 e.